The molecule has 19 heavy (non-hydrogen) atoms. The fraction of sp³-hybridized carbons (Fsp3) is 0.625. The van der Waals surface area contributed by atoms with Crippen LogP contribution in [0.5, 0.6) is 5.75 Å². The predicted molar refractivity (Wildman–Crippen MR) is 77.5 cm³/mol. The molecule has 1 N–H and O–H groups in total. The fourth-order valence-corrected chi connectivity index (χ4v) is 2.18. The molecule has 2 rings (SSSR count). The first-order valence-corrected chi connectivity index (χ1v) is 7.35. The van der Waals surface area contributed by atoms with Gasteiger partial charge >= 0.3 is 0 Å². The number of para-hydroxylation sites is 1. The van der Waals surface area contributed by atoms with Gasteiger partial charge in [-0.1, -0.05) is 25.1 Å². The van der Waals surface area contributed by atoms with Crippen molar-refractivity contribution in [3.8, 4) is 5.75 Å². The topological polar surface area (TPSA) is 30.5 Å². The van der Waals surface area contributed by atoms with Crippen LogP contribution < -0.4 is 10.1 Å². The van der Waals surface area contributed by atoms with Crippen molar-refractivity contribution in [2.45, 2.75) is 51.8 Å². The van der Waals surface area contributed by atoms with Crippen molar-refractivity contribution in [2.24, 2.45) is 0 Å². The number of hydrogen-bond acceptors (Lipinski definition) is 3. The van der Waals surface area contributed by atoms with Gasteiger partial charge in [0.2, 0.25) is 0 Å². The maximum absolute atomic E-state index is 5.92. The summed E-state index contributed by atoms with van der Waals surface area (Å²) in [6.07, 6.45) is 3.69. The molecule has 2 atom stereocenters. The van der Waals surface area contributed by atoms with Crippen molar-refractivity contribution in [3.05, 3.63) is 29.8 Å². The van der Waals surface area contributed by atoms with Gasteiger partial charge in [0.25, 0.3) is 0 Å². The summed E-state index contributed by atoms with van der Waals surface area (Å²) >= 11 is 0. The quantitative estimate of drug-likeness (QED) is 0.820. The van der Waals surface area contributed by atoms with Gasteiger partial charge in [0.1, 0.15) is 12.4 Å². The van der Waals surface area contributed by atoms with Gasteiger partial charge in [-0.15, -0.1) is 0 Å². The van der Waals surface area contributed by atoms with E-state index >= 15 is 0 Å². The smallest absolute Gasteiger partial charge is 0.123 e. The van der Waals surface area contributed by atoms with Crippen molar-refractivity contribution in [3.63, 3.8) is 0 Å². The van der Waals surface area contributed by atoms with Crippen LogP contribution >= 0.6 is 0 Å². The number of nitrogens with one attached hydrogen (secondary N) is 1. The molecule has 2 unspecified atom stereocenters. The maximum atomic E-state index is 5.92. The van der Waals surface area contributed by atoms with Crippen molar-refractivity contribution in [1.82, 2.24) is 5.32 Å². The monoisotopic (exact) mass is 263 g/mol. The Labute approximate surface area is 116 Å². The molecule has 0 aliphatic carbocycles. The second-order valence-electron chi connectivity index (χ2n) is 5.24. The third-order valence-electron chi connectivity index (χ3n) is 3.67. The van der Waals surface area contributed by atoms with E-state index in [2.05, 4.69) is 31.3 Å². The minimum atomic E-state index is 0.274. The van der Waals surface area contributed by atoms with E-state index in [1.807, 2.05) is 12.1 Å². The Morgan fingerprint density at radius 3 is 3.00 bits per heavy atom. The van der Waals surface area contributed by atoms with Gasteiger partial charge in [-0.25, -0.2) is 0 Å². The van der Waals surface area contributed by atoms with Crippen LogP contribution in [0.25, 0.3) is 0 Å². The number of ether oxygens (including phenoxy) is 2. The molecular weight excluding hydrogens is 238 g/mol. The lowest BCUT2D eigenvalue weighted by molar-refractivity contribution is 0.0676. The molecule has 0 saturated carbocycles. The average molecular weight is 263 g/mol. The molecule has 1 aliphatic rings. The summed E-state index contributed by atoms with van der Waals surface area (Å²) < 4.78 is 11.5. The zero-order chi connectivity index (χ0) is 13.5. The van der Waals surface area contributed by atoms with E-state index < -0.39 is 0 Å². The Balaban J connectivity index is 1.87. The molecular formula is C16H25NO2. The second-order valence-corrected chi connectivity index (χ2v) is 5.24. The molecule has 3 heteroatoms. The van der Waals surface area contributed by atoms with E-state index in [1.54, 1.807) is 0 Å². The van der Waals surface area contributed by atoms with Gasteiger partial charge in [-0.3, -0.25) is 0 Å². The number of benzene rings is 1. The minimum absolute atomic E-state index is 0.274. The zero-order valence-corrected chi connectivity index (χ0v) is 12.0. The molecule has 1 aliphatic heterocycles. The second kappa shape index (κ2) is 7.51. The summed E-state index contributed by atoms with van der Waals surface area (Å²) in [7, 11) is 0. The van der Waals surface area contributed by atoms with E-state index in [1.165, 1.54) is 5.56 Å². The normalized spacial score (nSPS) is 20.4. The zero-order valence-electron chi connectivity index (χ0n) is 12.0. The van der Waals surface area contributed by atoms with Crippen molar-refractivity contribution >= 4 is 0 Å². The molecule has 1 aromatic rings. The summed E-state index contributed by atoms with van der Waals surface area (Å²) in [4.78, 5) is 0. The molecule has 1 aromatic carbocycles. The highest BCUT2D eigenvalue weighted by Crippen LogP contribution is 2.20. The van der Waals surface area contributed by atoms with Crippen molar-refractivity contribution in [1.29, 1.82) is 0 Å². The number of rotatable bonds is 7. The largest absolute Gasteiger partial charge is 0.491 e. The molecule has 0 spiro atoms. The summed E-state index contributed by atoms with van der Waals surface area (Å²) in [6, 6.07) is 8.79. The maximum Gasteiger partial charge on any atom is 0.123 e. The lowest BCUT2D eigenvalue weighted by Crippen LogP contribution is -2.25. The van der Waals surface area contributed by atoms with Gasteiger partial charge < -0.3 is 14.8 Å². The first kappa shape index (κ1) is 14.4. The average Bonchev–Trinajstić information content (AvgIpc) is 2.96. The van der Waals surface area contributed by atoms with E-state index in [0.29, 0.717) is 12.6 Å². The third-order valence-corrected chi connectivity index (χ3v) is 3.67. The molecule has 0 aromatic heterocycles. The Bertz CT molecular complexity index is 375. The first-order chi connectivity index (χ1) is 9.29. The Morgan fingerprint density at radius 2 is 2.26 bits per heavy atom. The lowest BCUT2D eigenvalue weighted by atomic mass is 10.1. The first-order valence-electron chi connectivity index (χ1n) is 7.35. The van der Waals surface area contributed by atoms with Crippen molar-refractivity contribution < 1.29 is 9.47 Å². The van der Waals surface area contributed by atoms with Crippen LogP contribution in [0.2, 0.25) is 0 Å². The third kappa shape index (κ3) is 4.51. The fourth-order valence-electron chi connectivity index (χ4n) is 2.18. The SMILES string of the molecule is CCC(C)NCc1ccccc1OCC1CCCO1. The van der Waals surface area contributed by atoms with Crippen LogP contribution in [0.15, 0.2) is 24.3 Å². The van der Waals surface area contributed by atoms with Gasteiger partial charge in [0.05, 0.1) is 6.10 Å². The lowest BCUT2D eigenvalue weighted by Gasteiger charge is -2.16. The van der Waals surface area contributed by atoms with Crippen LogP contribution in [0, 0.1) is 0 Å². The molecule has 106 valence electrons. The summed E-state index contributed by atoms with van der Waals surface area (Å²) in [5.41, 5.74) is 1.22. The Kier molecular flexibility index (Phi) is 5.67. The highest BCUT2D eigenvalue weighted by Gasteiger charge is 2.16. The molecule has 3 nitrogen and oxygen atoms in total. The van der Waals surface area contributed by atoms with E-state index in [-0.39, 0.29) is 6.10 Å². The van der Waals surface area contributed by atoms with Crippen LogP contribution in [0.3, 0.4) is 0 Å². The van der Waals surface area contributed by atoms with Gasteiger partial charge in [0, 0.05) is 24.8 Å². The van der Waals surface area contributed by atoms with Gasteiger partial charge in [-0.05, 0) is 32.3 Å². The highest BCUT2D eigenvalue weighted by molar-refractivity contribution is 5.33. The Morgan fingerprint density at radius 1 is 1.42 bits per heavy atom. The highest BCUT2D eigenvalue weighted by atomic mass is 16.5. The van der Waals surface area contributed by atoms with E-state index in [4.69, 9.17) is 9.47 Å². The number of hydrogen-bond donors (Lipinski definition) is 1. The van der Waals surface area contributed by atoms with Crippen LogP contribution in [0.1, 0.15) is 38.7 Å². The summed E-state index contributed by atoms with van der Waals surface area (Å²) in [5, 5.41) is 3.51. The molecule has 1 fully saturated rings. The van der Waals surface area contributed by atoms with Crippen molar-refractivity contribution in [2.75, 3.05) is 13.2 Å². The standard InChI is InChI=1S/C16H25NO2/c1-3-13(2)17-11-14-7-4-5-9-16(14)19-12-15-8-6-10-18-15/h4-5,7,9,13,15,17H,3,6,8,10-12H2,1-2H3. The molecule has 0 radical (unpaired) electrons. The minimum Gasteiger partial charge on any atom is -0.491 e. The van der Waals surface area contributed by atoms with Gasteiger partial charge in [0.15, 0.2) is 0 Å². The molecule has 0 amide bonds. The molecule has 1 heterocycles. The summed E-state index contributed by atoms with van der Waals surface area (Å²) in [5.74, 6) is 0.980. The van der Waals surface area contributed by atoms with E-state index in [9.17, 15) is 0 Å². The van der Waals surface area contributed by atoms with Crippen LogP contribution in [-0.4, -0.2) is 25.4 Å². The van der Waals surface area contributed by atoms with E-state index in [0.717, 1.165) is 38.2 Å². The predicted octanol–water partition coefficient (Wildman–Crippen LogP) is 3.13. The van der Waals surface area contributed by atoms with Crippen LogP contribution in [-0.2, 0) is 11.3 Å². The Hall–Kier alpha value is -1.06. The molecule has 0 bridgehead atoms. The van der Waals surface area contributed by atoms with Gasteiger partial charge in [-0.2, -0.15) is 0 Å². The van der Waals surface area contributed by atoms with Crippen LogP contribution in [0.4, 0.5) is 0 Å². The molecule has 1 saturated heterocycles. The summed E-state index contributed by atoms with van der Waals surface area (Å²) in [6.45, 7) is 6.80.